The van der Waals surface area contributed by atoms with Crippen molar-refractivity contribution < 1.29 is 14.5 Å². The van der Waals surface area contributed by atoms with E-state index < -0.39 is 16.7 Å². The summed E-state index contributed by atoms with van der Waals surface area (Å²) in [5, 5.41) is 17.5. The molecule has 1 saturated heterocycles. The van der Waals surface area contributed by atoms with Crippen LogP contribution in [0.2, 0.25) is 0 Å². The average Bonchev–Trinajstić information content (AvgIpc) is 3.11. The number of thiocarbonyl (C=S) groups is 1. The molecule has 136 valence electrons. The molecule has 2 aromatic rings. The lowest BCUT2D eigenvalue weighted by Gasteiger charge is -2.27. The van der Waals surface area contributed by atoms with Gasteiger partial charge in [0.2, 0.25) is 0 Å². The van der Waals surface area contributed by atoms with Crippen LogP contribution in [0.4, 0.5) is 5.69 Å². The zero-order valence-electron chi connectivity index (χ0n) is 13.9. The number of nitrogens with zero attached hydrogens (tertiary/aromatic N) is 4. The number of nitro groups is 1. The van der Waals surface area contributed by atoms with Crippen LogP contribution in [0.25, 0.3) is 11.8 Å². The van der Waals surface area contributed by atoms with Crippen LogP contribution in [-0.2, 0) is 9.59 Å². The summed E-state index contributed by atoms with van der Waals surface area (Å²) >= 11 is 4.99. The Labute approximate surface area is 158 Å². The number of hydrogen-bond acceptors (Lipinski definition) is 6. The molecule has 1 aliphatic rings. The van der Waals surface area contributed by atoms with Gasteiger partial charge >= 0.3 is 0 Å². The van der Waals surface area contributed by atoms with Gasteiger partial charge in [-0.05, 0) is 24.4 Å². The standard InChI is InChI=1S/C17H13N5O4S/c1-2-6-20-16(24)14(15(23)19-17(20)27)7-11-9-18-21(10-11)12-4-3-5-13(8-12)22(25)26/h2-5,7-10H,1,6H2,(H,19,23,27). The van der Waals surface area contributed by atoms with Gasteiger partial charge in [-0.2, -0.15) is 5.10 Å². The molecular weight excluding hydrogens is 370 g/mol. The fourth-order valence-electron chi connectivity index (χ4n) is 2.46. The van der Waals surface area contributed by atoms with Crippen LogP contribution in [0.3, 0.4) is 0 Å². The highest BCUT2D eigenvalue weighted by atomic mass is 32.1. The van der Waals surface area contributed by atoms with Crippen LogP contribution in [0.15, 0.2) is 54.9 Å². The van der Waals surface area contributed by atoms with Gasteiger partial charge in [-0.25, -0.2) is 4.68 Å². The molecule has 0 atom stereocenters. The number of aromatic nitrogens is 2. The first-order chi connectivity index (χ1) is 12.9. The highest BCUT2D eigenvalue weighted by Gasteiger charge is 2.32. The number of non-ortho nitro benzene ring substituents is 1. The number of amides is 2. The third kappa shape index (κ3) is 3.65. The Kier molecular flexibility index (Phi) is 4.90. The number of nitrogens with one attached hydrogen (secondary N) is 1. The summed E-state index contributed by atoms with van der Waals surface area (Å²) in [5.41, 5.74) is 0.788. The number of benzene rings is 1. The van der Waals surface area contributed by atoms with Crippen LogP contribution in [0.1, 0.15) is 5.56 Å². The summed E-state index contributed by atoms with van der Waals surface area (Å²) in [4.78, 5) is 36.2. The minimum atomic E-state index is -0.603. The molecule has 1 aromatic heterocycles. The lowest BCUT2D eigenvalue weighted by atomic mass is 10.1. The average molecular weight is 383 g/mol. The number of rotatable bonds is 5. The van der Waals surface area contributed by atoms with Crippen molar-refractivity contribution in [1.29, 1.82) is 0 Å². The lowest BCUT2D eigenvalue weighted by molar-refractivity contribution is -0.384. The molecule has 3 rings (SSSR count). The van der Waals surface area contributed by atoms with E-state index >= 15 is 0 Å². The molecule has 2 heterocycles. The predicted octanol–water partition coefficient (Wildman–Crippen LogP) is 1.59. The summed E-state index contributed by atoms with van der Waals surface area (Å²) in [6, 6.07) is 5.93. The van der Waals surface area contributed by atoms with Crippen LogP contribution < -0.4 is 5.32 Å². The topological polar surface area (TPSA) is 110 Å². The molecule has 0 radical (unpaired) electrons. The summed E-state index contributed by atoms with van der Waals surface area (Å²) < 4.78 is 1.41. The first kappa shape index (κ1) is 18.1. The van der Waals surface area contributed by atoms with Gasteiger partial charge in [0.1, 0.15) is 5.57 Å². The monoisotopic (exact) mass is 383 g/mol. The van der Waals surface area contributed by atoms with Crippen LogP contribution in [0, 0.1) is 10.1 Å². The molecular formula is C17H13N5O4S. The minimum Gasteiger partial charge on any atom is -0.298 e. The summed E-state index contributed by atoms with van der Waals surface area (Å²) in [7, 11) is 0. The molecule has 0 spiro atoms. The van der Waals surface area contributed by atoms with Gasteiger partial charge in [0, 0.05) is 30.4 Å². The normalized spacial score (nSPS) is 15.8. The van der Waals surface area contributed by atoms with E-state index in [1.807, 2.05) is 0 Å². The largest absolute Gasteiger partial charge is 0.298 e. The zero-order valence-corrected chi connectivity index (χ0v) is 14.7. The van der Waals surface area contributed by atoms with Crippen LogP contribution in [0.5, 0.6) is 0 Å². The van der Waals surface area contributed by atoms with Crippen molar-refractivity contribution in [1.82, 2.24) is 20.0 Å². The van der Waals surface area contributed by atoms with Crippen molar-refractivity contribution >= 4 is 40.9 Å². The molecule has 1 aromatic carbocycles. The van der Waals surface area contributed by atoms with Crippen molar-refractivity contribution in [2.45, 2.75) is 0 Å². The van der Waals surface area contributed by atoms with E-state index in [-0.39, 0.29) is 22.9 Å². The molecule has 0 bridgehead atoms. The summed E-state index contributed by atoms with van der Waals surface area (Å²) in [6.07, 6.45) is 5.88. The van der Waals surface area contributed by atoms with Gasteiger partial charge in [-0.3, -0.25) is 29.9 Å². The Morgan fingerprint density at radius 2 is 2.15 bits per heavy atom. The van der Waals surface area contributed by atoms with Gasteiger partial charge < -0.3 is 0 Å². The Bertz CT molecular complexity index is 1010. The van der Waals surface area contributed by atoms with Crippen molar-refractivity contribution in [3.8, 4) is 5.69 Å². The summed E-state index contributed by atoms with van der Waals surface area (Å²) in [5.74, 6) is -1.14. The van der Waals surface area contributed by atoms with E-state index in [0.717, 1.165) is 0 Å². The minimum absolute atomic E-state index is 0.0225. The van der Waals surface area contributed by atoms with Crippen LogP contribution >= 0.6 is 12.2 Å². The Hall–Kier alpha value is -3.66. The molecule has 1 fully saturated rings. The van der Waals surface area contributed by atoms with Gasteiger partial charge in [0.15, 0.2) is 5.11 Å². The molecule has 0 unspecified atom stereocenters. The molecule has 27 heavy (non-hydrogen) atoms. The first-order valence-electron chi connectivity index (χ1n) is 7.70. The van der Waals surface area contributed by atoms with Gasteiger partial charge in [-0.15, -0.1) is 6.58 Å². The highest BCUT2D eigenvalue weighted by Crippen LogP contribution is 2.18. The molecule has 1 N–H and O–H groups in total. The fourth-order valence-corrected chi connectivity index (χ4v) is 2.71. The molecule has 2 amide bonds. The quantitative estimate of drug-likeness (QED) is 0.210. The van der Waals surface area contributed by atoms with Crippen molar-refractivity contribution in [3.05, 3.63) is 70.6 Å². The van der Waals surface area contributed by atoms with Crippen molar-refractivity contribution in [2.24, 2.45) is 0 Å². The van der Waals surface area contributed by atoms with E-state index in [1.165, 1.54) is 40.1 Å². The molecule has 1 aliphatic heterocycles. The van der Waals surface area contributed by atoms with E-state index in [4.69, 9.17) is 12.2 Å². The Morgan fingerprint density at radius 3 is 2.85 bits per heavy atom. The van der Waals surface area contributed by atoms with Gasteiger partial charge in [0.25, 0.3) is 17.5 Å². The number of hydrogen-bond donors (Lipinski definition) is 1. The van der Waals surface area contributed by atoms with Gasteiger partial charge in [-0.1, -0.05) is 12.1 Å². The fraction of sp³-hybridized carbons (Fsp3) is 0.0588. The van der Waals surface area contributed by atoms with Crippen molar-refractivity contribution in [3.63, 3.8) is 0 Å². The number of nitro benzene ring substituents is 1. The maximum absolute atomic E-state index is 12.5. The highest BCUT2D eigenvalue weighted by molar-refractivity contribution is 7.80. The maximum Gasteiger partial charge on any atom is 0.271 e. The third-order valence-corrected chi connectivity index (χ3v) is 4.04. The molecule has 10 heteroatoms. The van der Waals surface area contributed by atoms with E-state index in [0.29, 0.717) is 11.3 Å². The molecule has 0 aliphatic carbocycles. The maximum atomic E-state index is 12.5. The second kappa shape index (κ2) is 7.30. The first-order valence-corrected chi connectivity index (χ1v) is 8.11. The Morgan fingerprint density at radius 1 is 1.37 bits per heavy atom. The van der Waals surface area contributed by atoms with Gasteiger partial charge in [0.05, 0.1) is 16.8 Å². The SMILES string of the molecule is C=CCN1C(=O)C(=Cc2cnn(-c3cccc([N+](=O)[O-])c3)c2)C(=O)NC1=S. The zero-order chi connectivity index (χ0) is 19.6. The Balaban J connectivity index is 1.92. The molecule has 9 nitrogen and oxygen atoms in total. The summed E-state index contributed by atoms with van der Waals surface area (Å²) in [6.45, 7) is 3.73. The van der Waals surface area contributed by atoms with E-state index in [1.54, 1.807) is 18.3 Å². The van der Waals surface area contributed by atoms with E-state index in [2.05, 4.69) is 17.0 Å². The molecule has 0 saturated carbocycles. The third-order valence-electron chi connectivity index (χ3n) is 3.72. The van der Waals surface area contributed by atoms with Crippen molar-refractivity contribution in [2.75, 3.05) is 6.54 Å². The lowest BCUT2D eigenvalue weighted by Crippen LogP contribution is -2.53. The number of carbonyl (C=O) groups excluding carboxylic acids is 2. The second-order valence-corrected chi connectivity index (χ2v) is 5.90. The smallest absolute Gasteiger partial charge is 0.271 e. The predicted molar refractivity (Wildman–Crippen MR) is 101 cm³/mol. The van der Waals surface area contributed by atoms with E-state index in [9.17, 15) is 19.7 Å². The number of carbonyl (C=O) groups is 2. The second-order valence-electron chi connectivity index (χ2n) is 5.52. The van der Waals surface area contributed by atoms with Crippen LogP contribution in [-0.4, -0.2) is 43.1 Å².